The van der Waals surface area contributed by atoms with Gasteiger partial charge in [0, 0.05) is 24.4 Å². The summed E-state index contributed by atoms with van der Waals surface area (Å²) in [6.45, 7) is -0.668. The third-order valence-electron chi connectivity index (χ3n) is 3.58. The second-order valence-electron chi connectivity index (χ2n) is 5.46. The third-order valence-corrected chi connectivity index (χ3v) is 3.58. The summed E-state index contributed by atoms with van der Waals surface area (Å²) in [6, 6.07) is 10.3. The minimum absolute atomic E-state index is 0.118. The van der Waals surface area contributed by atoms with Gasteiger partial charge in [-0.05, 0) is 18.2 Å². The van der Waals surface area contributed by atoms with Crippen molar-refractivity contribution in [3.63, 3.8) is 0 Å². The van der Waals surface area contributed by atoms with Gasteiger partial charge < -0.3 is 25.2 Å². The van der Waals surface area contributed by atoms with Gasteiger partial charge in [-0.25, -0.2) is 4.79 Å². The Kier molecular flexibility index (Phi) is 7.28. The summed E-state index contributed by atoms with van der Waals surface area (Å²) in [5.41, 5.74) is 0.231. The quantitative estimate of drug-likeness (QED) is 0.335. The van der Waals surface area contributed by atoms with E-state index in [1.54, 1.807) is 24.3 Å². The van der Waals surface area contributed by atoms with E-state index >= 15 is 0 Å². The first-order valence-corrected chi connectivity index (χ1v) is 8.19. The van der Waals surface area contributed by atoms with Gasteiger partial charge in [0.2, 0.25) is 0 Å². The van der Waals surface area contributed by atoms with Gasteiger partial charge in [0.05, 0.1) is 29.9 Å². The van der Waals surface area contributed by atoms with Crippen molar-refractivity contribution in [2.45, 2.75) is 0 Å². The van der Waals surface area contributed by atoms with Crippen LogP contribution in [0.2, 0.25) is 0 Å². The number of esters is 1. The Labute approximate surface area is 160 Å². The average molecular weight is 389 g/mol. The van der Waals surface area contributed by atoms with E-state index in [4.69, 9.17) is 14.6 Å². The lowest BCUT2D eigenvalue weighted by atomic mass is 10.1. The van der Waals surface area contributed by atoms with Gasteiger partial charge >= 0.3 is 5.97 Å². The Bertz CT molecular complexity index is 870. The van der Waals surface area contributed by atoms with Crippen molar-refractivity contribution >= 4 is 28.9 Å². The number of nitrogens with one attached hydrogen (secondary N) is 2. The zero-order chi connectivity index (χ0) is 20.5. The van der Waals surface area contributed by atoms with Gasteiger partial charge in [0.15, 0.2) is 6.61 Å². The summed E-state index contributed by atoms with van der Waals surface area (Å²) in [5.74, 6) is -1.08. The monoisotopic (exact) mass is 389 g/mol. The molecule has 0 aliphatic rings. The predicted molar refractivity (Wildman–Crippen MR) is 101 cm³/mol. The standard InChI is InChI=1S/C18H19N3O7/c1-27-16-5-3-2-4-15(16)20-17(23)11-28-18(24)13-10-12(21(25)26)6-7-14(13)19-8-9-22/h2-7,10,19,22H,8-9,11H2,1H3,(H,20,23). The normalized spacial score (nSPS) is 10.1. The van der Waals surface area contributed by atoms with E-state index < -0.39 is 23.4 Å². The van der Waals surface area contributed by atoms with E-state index in [0.29, 0.717) is 11.4 Å². The van der Waals surface area contributed by atoms with Crippen molar-refractivity contribution in [1.29, 1.82) is 0 Å². The van der Waals surface area contributed by atoms with Crippen molar-refractivity contribution in [3.05, 3.63) is 58.1 Å². The first-order valence-electron chi connectivity index (χ1n) is 8.19. The van der Waals surface area contributed by atoms with Crippen molar-refractivity contribution in [1.82, 2.24) is 0 Å². The van der Waals surface area contributed by atoms with E-state index in [-0.39, 0.29) is 30.1 Å². The number of nitro benzene ring substituents is 1. The number of nitro groups is 1. The Balaban J connectivity index is 2.07. The van der Waals surface area contributed by atoms with Crippen molar-refractivity contribution in [2.75, 3.05) is 37.5 Å². The van der Waals surface area contributed by atoms with Gasteiger partial charge in [-0.15, -0.1) is 0 Å². The Hall–Kier alpha value is -3.66. The fraction of sp³-hybridized carbons (Fsp3) is 0.222. The molecule has 0 bridgehead atoms. The number of anilines is 2. The lowest BCUT2D eigenvalue weighted by Crippen LogP contribution is -2.22. The van der Waals surface area contributed by atoms with Crippen LogP contribution in [0.5, 0.6) is 5.75 Å². The summed E-state index contributed by atoms with van der Waals surface area (Å²) in [6.07, 6.45) is 0. The predicted octanol–water partition coefficient (Wildman–Crippen LogP) is 1.80. The smallest absolute Gasteiger partial charge is 0.341 e. The second-order valence-corrected chi connectivity index (χ2v) is 5.46. The zero-order valence-corrected chi connectivity index (χ0v) is 15.0. The Morgan fingerprint density at radius 1 is 1.18 bits per heavy atom. The molecule has 2 rings (SSSR count). The molecule has 0 fully saturated rings. The number of nitrogens with zero attached hydrogens (tertiary/aromatic N) is 1. The summed E-state index contributed by atoms with van der Waals surface area (Å²) < 4.78 is 10.1. The largest absolute Gasteiger partial charge is 0.495 e. The van der Waals surface area contributed by atoms with E-state index in [1.165, 1.54) is 19.2 Å². The van der Waals surface area contributed by atoms with Crippen molar-refractivity contribution in [3.8, 4) is 5.75 Å². The van der Waals surface area contributed by atoms with E-state index in [1.807, 2.05) is 0 Å². The molecular weight excluding hydrogens is 370 g/mol. The van der Waals surface area contributed by atoms with Crippen LogP contribution in [-0.2, 0) is 9.53 Å². The topological polar surface area (TPSA) is 140 Å². The van der Waals surface area contributed by atoms with Crippen molar-refractivity contribution in [2.24, 2.45) is 0 Å². The molecular formula is C18H19N3O7. The number of para-hydroxylation sites is 2. The fourth-order valence-corrected chi connectivity index (χ4v) is 2.30. The number of aliphatic hydroxyl groups excluding tert-OH is 1. The number of carbonyl (C=O) groups is 2. The van der Waals surface area contributed by atoms with E-state index in [0.717, 1.165) is 6.07 Å². The molecule has 0 unspecified atom stereocenters. The van der Waals surface area contributed by atoms with Crippen LogP contribution in [0.3, 0.4) is 0 Å². The average Bonchev–Trinajstić information content (AvgIpc) is 2.70. The molecule has 28 heavy (non-hydrogen) atoms. The highest BCUT2D eigenvalue weighted by atomic mass is 16.6. The molecule has 10 heteroatoms. The van der Waals surface area contributed by atoms with Gasteiger partial charge in [-0.1, -0.05) is 12.1 Å². The van der Waals surface area contributed by atoms with Gasteiger partial charge in [0.25, 0.3) is 11.6 Å². The van der Waals surface area contributed by atoms with E-state index in [2.05, 4.69) is 10.6 Å². The maximum Gasteiger partial charge on any atom is 0.341 e. The number of rotatable bonds is 9. The SMILES string of the molecule is COc1ccccc1NC(=O)COC(=O)c1cc([N+](=O)[O-])ccc1NCCO. The summed E-state index contributed by atoms with van der Waals surface area (Å²) in [4.78, 5) is 34.7. The zero-order valence-electron chi connectivity index (χ0n) is 15.0. The van der Waals surface area contributed by atoms with Gasteiger partial charge in [-0.3, -0.25) is 14.9 Å². The molecule has 0 saturated heterocycles. The number of benzene rings is 2. The molecule has 0 aromatic heterocycles. The highest BCUT2D eigenvalue weighted by molar-refractivity contribution is 5.99. The summed E-state index contributed by atoms with van der Waals surface area (Å²) in [5, 5.41) is 25.2. The maximum absolute atomic E-state index is 12.3. The molecule has 0 aliphatic carbocycles. The molecule has 2 aromatic carbocycles. The minimum Gasteiger partial charge on any atom is -0.495 e. The number of carbonyl (C=O) groups excluding carboxylic acids is 2. The maximum atomic E-state index is 12.3. The van der Waals surface area contributed by atoms with Crippen LogP contribution in [0, 0.1) is 10.1 Å². The molecule has 0 atom stereocenters. The van der Waals surface area contributed by atoms with Crippen LogP contribution < -0.4 is 15.4 Å². The number of hydrogen-bond acceptors (Lipinski definition) is 8. The lowest BCUT2D eigenvalue weighted by molar-refractivity contribution is -0.384. The first kappa shape index (κ1) is 20.6. The highest BCUT2D eigenvalue weighted by Crippen LogP contribution is 2.24. The number of non-ortho nitro benzene ring substituents is 1. The number of methoxy groups -OCH3 is 1. The lowest BCUT2D eigenvalue weighted by Gasteiger charge is -2.12. The molecule has 0 heterocycles. The number of ether oxygens (including phenoxy) is 2. The van der Waals surface area contributed by atoms with Crippen LogP contribution in [0.4, 0.5) is 17.1 Å². The molecule has 1 amide bonds. The molecule has 2 aromatic rings. The third kappa shape index (κ3) is 5.42. The number of aliphatic hydroxyl groups is 1. The van der Waals surface area contributed by atoms with Crippen LogP contribution in [0.1, 0.15) is 10.4 Å². The molecule has 0 aliphatic heterocycles. The second kappa shape index (κ2) is 9.88. The minimum atomic E-state index is -0.917. The van der Waals surface area contributed by atoms with Gasteiger partial charge in [0.1, 0.15) is 5.75 Å². The summed E-state index contributed by atoms with van der Waals surface area (Å²) in [7, 11) is 1.45. The van der Waals surface area contributed by atoms with Crippen molar-refractivity contribution < 1.29 is 29.1 Å². The Morgan fingerprint density at radius 2 is 1.93 bits per heavy atom. The van der Waals surface area contributed by atoms with Crippen LogP contribution in [0.15, 0.2) is 42.5 Å². The fourth-order valence-electron chi connectivity index (χ4n) is 2.30. The molecule has 10 nitrogen and oxygen atoms in total. The van der Waals surface area contributed by atoms with Crippen LogP contribution in [-0.4, -0.2) is 48.8 Å². The molecule has 148 valence electrons. The van der Waals surface area contributed by atoms with Gasteiger partial charge in [-0.2, -0.15) is 0 Å². The Morgan fingerprint density at radius 3 is 2.61 bits per heavy atom. The molecule has 0 saturated carbocycles. The molecule has 3 N–H and O–H groups in total. The van der Waals surface area contributed by atoms with Crippen LogP contribution >= 0.6 is 0 Å². The molecule has 0 spiro atoms. The van der Waals surface area contributed by atoms with E-state index in [9.17, 15) is 19.7 Å². The number of amides is 1. The number of hydrogen-bond donors (Lipinski definition) is 3. The first-order chi connectivity index (χ1) is 13.5. The highest BCUT2D eigenvalue weighted by Gasteiger charge is 2.19. The molecule has 0 radical (unpaired) electrons. The summed E-state index contributed by atoms with van der Waals surface area (Å²) >= 11 is 0. The van der Waals surface area contributed by atoms with Crippen LogP contribution in [0.25, 0.3) is 0 Å².